The number of para-hydroxylation sites is 1. The molecule has 1 aliphatic rings. The first-order valence-corrected chi connectivity index (χ1v) is 6.97. The molecule has 0 bridgehead atoms. The first-order valence-electron chi connectivity index (χ1n) is 6.18. The van der Waals surface area contributed by atoms with E-state index in [9.17, 15) is 4.79 Å². The van der Waals surface area contributed by atoms with Crippen molar-refractivity contribution in [3.63, 3.8) is 0 Å². The third-order valence-corrected chi connectivity index (χ3v) is 4.07. The van der Waals surface area contributed by atoms with Gasteiger partial charge in [-0.2, -0.15) is 15.4 Å². The molecule has 2 aromatic rings. The number of aromatic amines is 1. The summed E-state index contributed by atoms with van der Waals surface area (Å²) in [5.41, 5.74) is 2.71. The molecule has 0 fully saturated rings. The van der Waals surface area contributed by atoms with Crippen LogP contribution in [0.4, 0.5) is 5.69 Å². The van der Waals surface area contributed by atoms with Gasteiger partial charge in [-0.3, -0.25) is 4.79 Å². The fourth-order valence-corrected chi connectivity index (χ4v) is 2.69. The second-order valence-corrected chi connectivity index (χ2v) is 5.48. The van der Waals surface area contributed by atoms with Gasteiger partial charge < -0.3 is 5.32 Å². The maximum atomic E-state index is 12.3. The monoisotopic (exact) mass is 320 g/mol. The number of aromatic nitrogens is 3. The van der Waals surface area contributed by atoms with Crippen molar-refractivity contribution in [2.75, 3.05) is 5.32 Å². The number of anilines is 1. The van der Waals surface area contributed by atoms with Crippen LogP contribution >= 0.6 is 15.9 Å². The van der Waals surface area contributed by atoms with E-state index in [-0.39, 0.29) is 11.8 Å². The van der Waals surface area contributed by atoms with Crippen LogP contribution in [0.2, 0.25) is 0 Å². The Morgan fingerprint density at radius 2 is 2.11 bits per heavy atom. The zero-order valence-corrected chi connectivity index (χ0v) is 11.8. The zero-order chi connectivity index (χ0) is 13.2. The molecule has 1 aliphatic carbocycles. The average Bonchev–Trinajstić information content (AvgIpc) is 2.88. The number of hydrogen-bond acceptors (Lipinski definition) is 3. The van der Waals surface area contributed by atoms with Gasteiger partial charge in [-0.05, 0) is 40.9 Å². The van der Waals surface area contributed by atoms with Crippen molar-refractivity contribution >= 4 is 27.5 Å². The van der Waals surface area contributed by atoms with Crippen LogP contribution < -0.4 is 5.32 Å². The minimum absolute atomic E-state index is 0.0373. The van der Waals surface area contributed by atoms with Crippen molar-refractivity contribution in [2.24, 2.45) is 5.92 Å². The lowest BCUT2D eigenvalue weighted by Crippen LogP contribution is -2.28. The van der Waals surface area contributed by atoms with E-state index in [0.29, 0.717) is 6.42 Å². The van der Waals surface area contributed by atoms with E-state index < -0.39 is 0 Å². The molecule has 1 aromatic heterocycles. The van der Waals surface area contributed by atoms with Crippen LogP contribution in [0.3, 0.4) is 0 Å². The topological polar surface area (TPSA) is 70.7 Å². The highest BCUT2D eigenvalue weighted by Gasteiger charge is 2.27. The van der Waals surface area contributed by atoms with E-state index in [1.54, 1.807) is 0 Å². The molecule has 5 nitrogen and oxygen atoms in total. The van der Waals surface area contributed by atoms with Gasteiger partial charge in [0.1, 0.15) is 0 Å². The lowest BCUT2D eigenvalue weighted by molar-refractivity contribution is -0.120. The molecule has 0 aliphatic heterocycles. The summed E-state index contributed by atoms with van der Waals surface area (Å²) in [5, 5.41) is 13.7. The third kappa shape index (κ3) is 2.53. The Kier molecular flexibility index (Phi) is 3.33. The van der Waals surface area contributed by atoms with E-state index in [0.717, 1.165) is 34.4 Å². The number of carbonyl (C=O) groups excluding carboxylic acids is 1. The summed E-state index contributed by atoms with van der Waals surface area (Å²) in [5.74, 6) is 0.00487. The Morgan fingerprint density at radius 1 is 1.32 bits per heavy atom. The van der Waals surface area contributed by atoms with Crippen LogP contribution in [0, 0.1) is 5.92 Å². The smallest absolute Gasteiger partial charge is 0.227 e. The summed E-state index contributed by atoms with van der Waals surface area (Å²) < 4.78 is 0.890. The Hall–Kier alpha value is -1.69. The van der Waals surface area contributed by atoms with E-state index in [1.807, 2.05) is 24.3 Å². The number of rotatable bonds is 2. The van der Waals surface area contributed by atoms with Crippen molar-refractivity contribution in [1.29, 1.82) is 0 Å². The molecule has 0 spiro atoms. The highest BCUT2D eigenvalue weighted by atomic mass is 79.9. The summed E-state index contributed by atoms with van der Waals surface area (Å²) in [6, 6.07) is 7.61. The van der Waals surface area contributed by atoms with E-state index in [2.05, 4.69) is 36.7 Å². The largest absolute Gasteiger partial charge is 0.325 e. The molecule has 19 heavy (non-hydrogen) atoms. The number of nitrogens with zero attached hydrogens (tertiary/aromatic N) is 2. The first-order chi connectivity index (χ1) is 9.24. The molecule has 2 N–H and O–H groups in total. The lowest BCUT2D eigenvalue weighted by Gasteiger charge is -2.20. The number of nitrogens with one attached hydrogen (secondary N) is 2. The van der Waals surface area contributed by atoms with Crippen molar-refractivity contribution < 1.29 is 4.79 Å². The fraction of sp³-hybridized carbons (Fsp3) is 0.308. The summed E-state index contributed by atoms with van der Waals surface area (Å²) >= 11 is 3.43. The molecule has 1 unspecified atom stereocenters. The van der Waals surface area contributed by atoms with Gasteiger partial charge in [-0.15, -0.1) is 0 Å². The molecule has 0 saturated carbocycles. The van der Waals surface area contributed by atoms with Gasteiger partial charge in [0, 0.05) is 16.8 Å². The highest BCUT2D eigenvalue weighted by Crippen LogP contribution is 2.26. The van der Waals surface area contributed by atoms with Gasteiger partial charge in [0.15, 0.2) is 0 Å². The summed E-state index contributed by atoms with van der Waals surface area (Å²) in [4.78, 5) is 12.3. The predicted molar refractivity (Wildman–Crippen MR) is 74.7 cm³/mol. The molecule has 3 rings (SSSR count). The Labute approximate surface area is 118 Å². The van der Waals surface area contributed by atoms with Crippen molar-refractivity contribution in [1.82, 2.24) is 15.4 Å². The molecular formula is C13H13BrN4O. The lowest BCUT2D eigenvalue weighted by atomic mass is 9.89. The number of carbonyl (C=O) groups is 1. The van der Waals surface area contributed by atoms with Gasteiger partial charge in [0.2, 0.25) is 5.91 Å². The zero-order valence-electron chi connectivity index (χ0n) is 10.2. The van der Waals surface area contributed by atoms with Crippen molar-refractivity contribution in [3.8, 4) is 0 Å². The van der Waals surface area contributed by atoms with Gasteiger partial charge in [-0.1, -0.05) is 12.1 Å². The molecule has 1 aromatic carbocycles. The second-order valence-electron chi connectivity index (χ2n) is 4.63. The summed E-state index contributed by atoms with van der Waals surface area (Å²) in [6.07, 6.45) is 2.28. The summed E-state index contributed by atoms with van der Waals surface area (Å²) in [6.45, 7) is 0. The Morgan fingerprint density at radius 3 is 2.95 bits per heavy atom. The van der Waals surface area contributed by atoms with Gasteiger partial charge in [-0.25, -0.2) is 0 Å². The second kappa shape index (κ2) is 5.13. The van der Waals surface area contributed by atoms with Gasteiger partial charge >= 0.3 is 0 Å². The maximum absolute atomic E-state index is 12.3. The molecule has 0 saturated heterocycles. The van der Waals surface area contributed by atoms with Gasteiger partial charge in [0.25, 0.3) is 0 Å². The Balaban J connectivity index is 1.71. The predicted octanol–water partition coefficient (Wildman–Crippen LogP) is 2.31. The van der Waals surface area contributed by atoms with Crippen molar-refractivity contribution in [3.05, 3.63) is 40.1 Å². The molecule has 6 heteroatoms. The standard InChI is InChI=1S/C13H13BrN4O/c14-9-3-1-2-4-10(9)15-13(19)8-5-6-11-12(7-8)17-18-16-11/h1-4,8H,5-7H2,(H,15,19)(H,16,17,18). The number of aryl methyl sites for hydroxylation is 1. The highest BCUT2D eigenvalue weighted by molar-refractivity contribution is 9.10. The minimum Gasteiger partial charge on any atom is -0.325 e. The maximum Gasteiger partial charge on any atom is 0.227 e. The number of H-pyrrole nitrogens is 1. The number of benzene rings is 1. The fourth-order valence-electron chi connectivity index (χ4n) is 2.31. The first kappa shape index (κ1) is 12.3. The molecule has 1 atom stereocenters. The molecule has 98 valence electrons. The SMILES string of the molecule is O=C(Nc1ccccc1Br)C1CCc2n[nH]nc2C1. The van der Waals surface area contributed by atoms with Crippen molar-refractivity contribution in [2.45, 2.75) is 19.3 Å². The normalized spacial score (nSPS) is 17.8. The number of fused-ring (bicyclic) bond motifs is 1. The quantitative estimate of drug-likeness (QED) is 0.892. The third-order valence-electron chi connectivity index (χ3n) is 3.37. The van der Waals surface area contributed by atoms with Crippen LogP contribution in [0.25, 0.3) is 0 Å². The number of halogens is 1. The van der Waals surface area contributed by atoms with E-state index >= 15 is 0 Å². The molecule has 1 amide bonds. The van der Waals surface area contributed by atoms with Crippen LogP contribution in [0.15, 0.2) is 28.7 Å². The Bertz CT molecular complexity index is 610. The summed E-state index contributed by atoms with van der Waals surface area (Å²) in [7, 11) is 0. The van der Waals surface area contributed by atoms with Crippen LogP contribution in [0.1, 0.15) is 17.8 Å². The van der Waals surface area contributed by atoms with Gasteiger partial charge in [0.05, 0.1) is 17.1 Å². The average molecular weight is 321 g/mol. The van der Waals surface area contributed by atoms with E-state index in [4.69, 9.17) is 0 Å². The van der Waals surface area contributed by atoms with Crippen LogP contribution in [-0.2, 0) is 17.6 Å². The number of hydrogen-bond donors (Lipinski definition) is 2. The molecule has 0 radical (unpaired) electrons. The molecule has 1 heterocycles. The van der Waals surface area contributed by atoms with Crippen LogP contribution in [-0.4, -0.2) is 21.3 Å². The molecular weight excluding hydrogens is 308 g/mol. The van der Waals surface area contributed by atoms with E-state index in [1.165, 1.54) is 0 Å². The minimum atomic E-state index is -0.0373. The number of amides is 1. The van der Waals surface area contributed by atoms with Crippen LogP contribution in [0.5, 0.6) is 0 Å².